The second-order valence-corrected chi connectivity index (χ2v) is 7.40. The summed E-state index contributed by atoms with van der Waals surface area (Å²) < 4.78 is 30.8. The normalized spacial score (nSPS) is 11.0. The Labute approximate surface area is 196 Å². The molecule has 2 aromatic carbocycles. The number of aromatic nitrogens is 4. The van der Waals surface area contributed by atoms with Gasteiger partial charge in [-0.25, -0.2) is 9.18 Å². The minimum absolute atomic E-state index is 0.0883. The van der Waals surface area contributed by atoms with Crippen molar-refractivity contribution in [2.45, 2.75) is 0 Å². The van der Waals surface area contributed by atoms with Crippen molar-refractivity contribution < 1.29 is 23.1 Å². The summed E-state index contributed by atoms with van der Waals surface area (Å²) in [6.45, 7) is 0.201. The Morgan fingerprint density at radius 2 is 1.94 bits per heavy atom. The third-order valence-corrected chi connectivity index (χ3v) is 5.17. The van der Waals surface area contributed by atoms with Crippen LogP contribution in [0.4, 0.5) is 4.39 Å². The van der Waals surface area contributed by atoms with E-state index >= 15 is 0 Å². The predicted molar refractivity (Wildman–Crippen MR) is 123 cm³/mol. The first-order valence-corrected chi connectivity index (χ1v) is 10.5. The molecule has 5 aromatic rings. The average Bonchev–Trinajstić information content (AvgIpc) is 3.29. The topological polar surface area (TPSA) is 121 Å². The maximum Gasteiger partial charge on any atom is 0.349 e. The van der Waals surface area contributed by atoms with Crippen LogP contribution in [0.1, 0.15) is 10.4 Å². The Morgan fingerprint density at radius 3 is 2.74 bits per heavy atom. The van der Waals surface area contributed by atoms with Crippen molar-refractivity contribution in [2.75, 3.05) is 20.3 Å². The molecule has 5 rings (SSSR count). The maximum atomic E-state index is 13.2. The number of nitrogens with one attached hydrogen (secondary N) is 1. The highest BCUT2D eigenvalue weighted by Crippen LogP contribution is 2.24. The number of hydrogen-bond donors (Lipinski definition) is 1. The van der Waals surface area contributed by atoms with Crippen molar-refractivity contribution in [3.63, 3.8) is 0 Å². The summed E-state index contributed by atoms with van der Waals surface area (Å²) >= 11 is 0. The second kappa shape index (κ2) is 9.21. The van der Waals surface area contributed by atoms with E-state index in [0.29, 0.717) is 28.2 Å². The lowest BCUT2D eigenvalue weighted by atomic mass is 10.1. The molecule has 11 heteroatoms. The van der Waals surface area contributed by atoms with Crippen LogP contribution < -0.4 is 20.4 Å². The molecule has 3 heterocycles. The van der Waals surface area contributed by atoms with Crippen LogP contribution in [-0.2, 0) is 0 Å². The number of carbonyl (C=O) groups excluding carboxylic acids is 1. The molecule has 0 radical (unpaired) electrons. The van der Waals surface area contributed by atoms with E-state index in [1.807, 2.05) is 0 Å². The molecule has 35 heavy (non-hydrogen) atoms. The van der Waals surface area contributed by atoms with Crippen LogP contribution >= 0.6 is 0 Å². The third-order valence-electron chi connectivity index (χ3n) is 5.17. The molecule has 0 spiro atoms. The number of nitrogens with zero attached hydrogens (tertiary/aromatic N) is 4. The average molecular weight is 475 g/mol. The van der Waals surface area contributed by atoms with Crippen molar-refractivity contribution in [1.29, 1.82) is 0 Å². The molecule has 0 aliphatic carbocycles. The number of hydrogen-bond acceptors (Lipinski definition) is 8. The lowest BCUT2D eigenvalue weighted by Gasteiger charge is -2.08. The van der Waals surface area contributed by atoms with Gasteiger partial charge >= 0.3 is 5.63 Å². The Morgan fingerprint density at radius 1 is 1.11 bits per heavy atom. The summed E-state index contributed by atoms with van der Waals surface area (Å²) in [7, 11) is 1.47. The molecule has 0 saturated heterocycles. The quantitative estimate of drug-likeness (QED) is 0.282. The molecule has 0 saturated carbocycles. The number of para-hydroxylation sites is 1. The molecule has 10 nitrogen and oxygen atoms in total. The minimum Gasteiger partial charge on any atom is -0.493 e. The lowest BCUT2D eigenvalue weighted by Crippen LogP contribution is -2.31. The zero-order chi connectivity index (χ0) is 24.4. The highest BCUT2D eigenvalue weighted by molar-refractivity contribution is 5.97. The zero-order valence-corrected chi connectivity index (χ0v) is 18.4. The van der Waals surface area contributed by atoms with Crippen molar-refractivity contribution in [1.82, 2.24) is 25.1 Å². The number of ether oxygens (including phenoxy) is 2. The monoisotopic (exact) mass is 475 g/mol. The summed E-state index contributed by atoms with van der Waals surface area (Å²) in [5.41, 5.74) is 0.509. The predicted octanol–water partition coefficient (Wildman–Crippen LogP) is 2.85. The fourth-order valence-corrected chi connectivity index (χ4v) is 3.48. The molecular weight excluding hydrogens is 457 g/mol. The molecule has 1 N–H and O–H groups in total. The number of amides is 1. The number of benzene rings is 2. The van der Waals surface area contributed by atoms with Gasteiger partial charge in [0, 0.05) is 17.0 Å². The molecule has 0 fully saturated rings. The van der Waals surface area contributed by atoms with Gasteiger partial charge < -0.3 is 19.2 Å². The van der Waals surface area contributed by atoms with Gasteiger partial charge in [-0.1, -0.05) is 12.1 Å². The van der Waals surface area contributed by atoms with Crippen LogP contribution in [0.5, 0.6) is 11.6 Å². The van der Waals surface area contributed by atoms with Crippen LogP contribution in [-0.4, -0.2) is 46.0 Å². The van der Waals surface area contributed by atoms with Crippen molar-refractivity contribution in [3.05, 3.63) is 82.5 Å². The minimum atomic E-state index is -0.770. The van der Waals surface area contributed by atoms with Crippen LogP contribution in [0.2, 0.25) is 0 Å². The SMILES string of the molecule is COc1cccc2cc(C(=O)NCCOc3ccc4nnc(-c5ccc(F)cc5)n4n3)c(=O)oc12. The van der Waals surface area contributed by atoms with Crippen molar-refractivity contribution in [2.24, 2.45) is 0 Å². The van der Waals surface area contributed by atoms with Crippen LogP contribution in [0, 0.1) is 5.82 Å². The largest absolute Gasteiger partial charge is 0.493 e. The maximum absolute atomic E-state index is 13.2. The Bertz CT molecular complexity index is 1600. The fourth-order valence-electron chi connectivity index (χ4n) is 3.48. The summed E-state index contributed by atoms with van der Waals surface area (Å²) in [5.74, 6) is 0.154. The highest BCUT2D eigenvalue weighted by atomic mass is 19.1. The number of methoxy groups -OCH3 is 1. The van der Waals surface area contributed by atoms with Gasteiger partial charge in [-0.3, -0.25) is 4.79 Å². The van der Waals surface area contributed by atoms with Gasteiger partial charge in [0.1, 0.15) is 18.0 Å². The van der Waals surface area contributed by atoms with E-state index in [1.165, 1.54) is 29.8 Å². The zero-order valence-electron chi connectivity index (χ0n) is 18.4. The molecule has 0 atom stereocenters. The Hall–Kier alpha value is -4.80. The molecule has 3 aromatic heterocycles. The van der Waals surface area contributed by atoms with Gasteiger partial charge in [0.15, 0.2) is 22.8 Å². The van der Waals surface area contributed by atoms with E-state index in [9.17, 15) is 14.0 Å². The van der Waals surface area contributed by atoms with Gasteiger partial charge in [-0.2, -0.15) is 4.52 Å². The van der Waals surface area contributed by atoms with Gasteiger partial charge in [-0.05, 0) is 42.5 Å². The van der Waals surface area contributed by atoms with Crippen LogP contribution in [0.15, 0.2) is 69.9 Å². The Balaban J connectivity index is 1.25. The second-order valence-electron chi connectivity index (χ2n) is 7.40. The van der Waals surface area contributed by atoms with E-state index in [0.717, 1.165) is 0 Å². The molecule has 176 valence electrons. The van der Waals surface area contributed by atoms with E-state index in [-0.39, 0.29) is 36.0 Å². The van der Waals surface area contributed by atoms with E-state index in [1.54, 1.807) is 42.5 Å². The van der Waals surface area contributed by atoms with E-state index in [2.05, 4.69) is 20.6 Å². The number of fused-ring (bicyclic) bond motifs is 2. The first-order chi connectivity index (χ1) is 17.0. The van der Waals surface area contributed by atoms with Crippen molar-refractivity contribution in [3.8, 4) is 23.0 Å². The fraction of sp³-hybridized carbons (Fsp3) is 0.125. The molecule has 0 bridgehead atoms. The third kappa shape index (κ3) is 4.38. The smallest absolute Gasteiger partial charge is 0.349 e. The van der Waals surface area contributed by atoms with Gasteiger partial charge in [-0.15, -0.1) is 15.3 Å². The van der Waals surface area contributed by atoms with Crippen molar-refractivity contribution >= 4 is 22.5 Å². The van der Waals surface area contributed by atoms with Crippen LogP contribution in [0.3, 0.4) is 0 Å². The van der Waals surface area contributed by atoms with Gasteiger partial charge in [0.2, 0.25) is 5.88 Å². The van der Waals surface area contributed by atoms with Gasteiger partial charge in [0.05, 0.1) is 13.7 Å². The molecule has 0 aliphatic rings. The standard InChI is InChI=1S/C24H18FN5O5/c1-33-18-4-2-3-15-13-17(24(32)35-21(15)18)23(31)26-11-12-34-20-10-9-19-27-28-22(30(19)29-20)14-5-7-16(25)8-6-14/h2-10,13H,11-12H2,1H3,(H,26,31). The first-order valence-electron chi connectivity index (χ1n) is 10.5. The summed E-state index contributed by atoms with van der Waals surface area (Å²) in [6.07, 6.45) is 0. The number of rotatable bonds is 7. The molecule has 0 unspecified atom stereocenters. The summed E-state index contributed by atoms with van der Waals surface area (Å²) in [5, 5.41) is 15.7. The Kier molecular flexibility index (Phi) is 5.80. The van der Waals surface area contributed by atoms with Crippen LogP contribution in [0.25, 0.3) is 28.0 Å². The first kappa shape index (κ1) is 22.0. The molecular formula is C24H18FN5O5. The summed E-state index contributed by atoms with van der Waals surface area (Å²) in [6, 6.07) is 15.7. The van der Waals surface area contributed by atoms with Gasteiger partial charge in [0.25, 0.3) is 5.91 Å². The highest BCUT2D eigenvalue weighted by Gasteiger charge is 2.15. The van der Waals surface area contributed by atoms with E-state index < -0.39 is 11.5 Å². The number of carbonyl (C=O) groups is 1. The van der Waals surface area contributed by atoms with E-state index in [4.69, 9.17) is 13.9 Å². The lowest BCUT2D eigenvalue weighted by molar-refractivity contribution is 0.0943. The molecule has 1 amide bonds. The molecule has 0 aliphatic heterocycles. The number of halogens is 1. The summed E-state index contributed by atoms with van der Waals surface area (Å²) in [4.78, 5) is 24.8.